The zero-order valence-corrected chi connectivity index (χ0v) is 17.8. The number of anilines is 1. The zero-order chi connectivity index (χ0) is 21.6. The molecule has 2 aromatic carbocycles. The maximum atomic E-state index is 12.7. The van der Waals surface area contributed by atoms with Crippen LogP contribution in [0.15, 0.2) is 47.4 Å². The van der Waals surface area contributed by atoms with Gasteiger partial charge >= 0.3 is 10.1 Å². The largest absolute Gasteiger partial charge is 0.493 e. The summed E-state index contributed by atoms with van der Waals surface area (Å²) in [7, 11) is -2.62. The number of methoxy groups -OCH3 is 1. The molecule has 0 spiro atoms. The van der Waals surface area contributed by atoms with Gasteiger partial charge in [0.1, 0.15) is 4.90 Å². The number of carbonyl (C=O) groups is 1. The fourth-order valence-electron chi connectivity index (χ4n) is 3.15. The Morgan fingerprint density at radius 3 is 2.57 bits per heavy atom. The first-order valence-corrected chi connectivity index (χ1v) is 11.1. The van der Waals surface area contributed by atoms with Crippen LogP contribution >= 0.6 is 0 Å². The normalized spacial score (nSPS) is 16.3. The van der Waals surface area contributed by atoms with Gasteiger partial charge < -0.3 is 24.3 Å². The van der Waals surface area contributed by atoms with Crippen LogP contribution in [-0.4, -0.2) is 40.7 Å². The third-order valence-electron chi connectivity index (χ3n) is 4.62. The Balaban J connectivity index is 1.70. The lowest BCUT2D eigenvalue weighted by Gasteiger charge is -2.14. The first-order valence-electron chi connectivity index (χ1n) is 9.69. The lowest BCUT2D eigenvalue weighted by molar-refractivity contribution is -0.114. The fourth-order valence-corrected chi connectivity index (χ4v) is 4.09. The van der Waals surface area contributed by atoms with Crippen LogP contribution in [-0.2, 0) is 26.2 Å². The van der Waals surface area contributed by atoms with E-state index in [4.69, 9.17) is 13.7 Å². The van der Waals surface area contributed by atoms with Crippen LogP contribution in [0, 0.1) is 0 Å². The molecule has 1 aliphatic heterocycles. The van der Waals surface area contributed by atoms with Gasteiger partial charge in [-0.15, -0.1) is 0 Å². The van der Waals surface area contributed by atoms with Gasteiger partial charge in [0.15, 0.2) is 11.5 Å². The second-order valence-electron chi connectivity index (χ2n) is 6.99. The van der Waals surface area contributed by atoms with Gasteiger partial charge in [0.2, 0.25) is 5.91 Å². The number of rotatable bonds is 9. The zero-order valence-electron chi connectivity index (χ0n) is 17.0. The number of nitrogens with one attached hydrogen (secondary N) is 2. The molecule has 0 aromatic heterocycles. The molecule has 9 heteroatoms. The van der Waals surface area contributed by atoms with E-state index in [2.05, 4.69) is 10.6 Å². The molecule has 2 aromatic rings. The van der Waals surface area contributed by atoms with Gasteiger partial charge in [0.05, 0.1) is 13.2 Å². The van der Waals surface area contributed by atoms with Crippen LogP contribution in [0.4, 0.5) is 5.69 Å². The van der Waals surface area contributed by atoms with Crippen molar-refractivity contribution in [1.82, 2.24) is 5.32 Å². The molecule has 1 unspecified atom stereocenters. The Bertz CT molecular complexity index is 969. The molecule has 8 nitrogen and oxygen atoms in total. The average molecular weight is 435 g/mol. The maximum absolute atomic E-state index is 12.7. The lowest BCUT2D eigenvalue weighted by atomic mass is 10.2. The van der Waals surface area contributed by atoms with Crippen LogP contribution < -0.4 is 19.6 Å². The number of benzene rings is 2. The van der Waals surface area contributed by atoms with E-state index in [0.717, 1.165) is 31.6 Å². The highest BCUT2D eigenvalue weighted by atomic mass is 32.2. The molecule has 3 rings (SSSR count). The molecule has 0 bridgehead atoms. The molecule has 1 aliphatic rings. The Morgan fingerprint density at radius 2 is 1.93 bits per heavy atom. The van der Waals surface area contributed by atoms with Crippen molar-refractivity contribution in [3.8, 4) is 11.5 Å². The molecule has 1 heterocycles. The number of carbonyl (C=O) groups excluding carboxylic acids is 1. The number of hydrogen-bond acceptors (Lipinski definition) is 7. The Labute approximate surface area is 176 Å². The van der Waals surface area contributed by atoms with Crippen molar-refractivity contribution in [3.05, 3.63) is 48.0 Å². The SMILES string of the molecule is COc1ccc(CNCC2CCCO2)cc1OS(=O)(=O)c1ccc(NC(C)=O)cc1. The summed E-state index contributed by atoms with van der Waals surface area (Å²) in [5.41, 5.74) is 1.36. The first-order chi connectivity index (χ1) is 14.4. The van der Waals surface area contributed by atoms with Gasteiger partial charge in [-0.25, -0.2) is 0 Å². The third kappa shape index (κ3) is 5.94. The van der Waals surface area contributed by atoms with Gasteiger partial charge in [-0.1, -0.05) is 6.07 Å². The van der Waals surface area contributed by atoms with Crippen LogP contribution in [0.25, 0.3) is 0 Å². The van der Waals surface area contributed by atoms with Gasteiger partial charge in [-0.3, -0.25) is 4.79 Å². The third-order valence-corrected chi connectivity index (χ3v) is 5.86. The molecule has 1 amide bonds. The molecule has 162 valence electrons. The summed E-state index contributed by atoms with van der Waals surface area (Å²) < 4.78 is 41.6. The maximum Gasteiger partial charge on any atom is 0.339 e. The van der Waals surface area contributed by atoms with E-state index >= 15 is 0 Å². The minimum Gasteiger partial charge on any atom is -0.493 e. The molecule has 2 N–H and O–H groups in total. The second-order valence-corrected chi connectivity index (χ2v) is 8.54. The predicted molar refractivity (Wildman–Crippen MR) is 112 cm³/mol. The average Bonchev–Trinajstić information content (AvgIpc) is 3.21. The van der Waals surface area contributed by atoms with Crippen molar-refractivity contribution in [1.29, 1.82) is 0 Å². The van der Waals surface area contributed by atoms with Gasteiger partial charge in [0, 0.05) is 32.3 Å². The van der Waals surface area contributed by atoms with Crippen molar-refractivity contribution in [2.24, 2.45) is 0 Å². The van der Waals surface area contributed by atoms with E-state index < -0.39 is 10.1 Å². The quantitative estimate of drug-likeness (QED) is 0.585. The summed E-state index contributed by atoms with van der Waals surface area (Å²) >= 11 is 0. The molecule has 1 fully saturated rings. The minimum atomic E-state index is -4.07. The van der Waals surface area contributed by atoms with E-state index in [0.29, 0.717) is 18.0 Å². The van der Waals surface area contributed by atoms with Crippen molar-refractivity contribution in [3.63, 3.8) is 0 Å². The topological polar surface area (TPSA) is 103 Å². The van der Waals surface area contributed by atoms with E-state index in [9.17, 15) is 13.2 Å². The fraction of sp³-hybridized carbons (Fsp3) is 0.381. The number of amides is 1. The summed E-state index contributed by atoms with van der Waals surface area (Å²) in [6.45, 7) is 3.46. The summed E-state index contributed by atoms with van der Waals surface area (Å²) in [5, 5.41) is 5.91. The van der Waals surface area contributed by atoms with Crippen molar-refractivity contribution in [2.75, 3.05) is 25.6 Å². The molecule has 0 saturated carbocycles. The Kier molecular flexibility index (Phi) is 7.30. The Hall–Kier alpha value is -2.62. The van der Waals surface area contributed by atoms with Crippen molar-refractivity contribution < 1.29 is 26.9 Å². The summed E-state index contributed by atoms with van der Waals surface area (Å²) in [6.07, 6.45) is 2.35. The van der Waals surface area contributed by atoms with Gasteiger partial charge in [-0.05, 0) is 54.8 Å². The molecule has 30 heavy (non-hydrogen) atoms. The smallest absolute Gasteiger partial charge is 0.339 e. The van der Waals surface area contributed by atoms with Crippen LogP contribution in [0.2, 0.25) is 0 Å². The van der Waals surface area contributed by atoms with Crippen LogP contribution in [0.5, 0.6) is 11.5 Å². The number of hydrogen-bond donors (Lipinski definition) is 2. The number of ether oxygens (including phenoxy) is 2. The van der Waals surface area contributed by atoms with Crippen molar-refractivity contribution >= 4 is 21.7 Å². The first kappa shape index (κ1) is 22.1. The highest BCUT2D eigenvalue weighted by Crippen LogP contribution is 2.31. The second kappa shape index (κ2) is 9.92. The van der Waals surface area contributed by atoms with E-state index in [-0.39, 0.29) is 22.7 Å². The van der Waals surface area contributed by atoms with Crippen LogP contribution in [0.3, 0.4) is 0 Å². The summed E-state index contributed by atoms with van der Waals surface area (Å²) in [6, 6.07) is 10.9. The van der Waals surface area contributed by atoms with E-state index in [1.165, 1.54) is 38.3 Å². The van der Waals surface area contributed by atoms with E-state index in [1.807, 2.05) is 6.07 Å². The molecule has 0 radical (unpaired) electrons. The van der Waals surface area contributed by atoms with Crippen molar-refractivity contribution in [2.45, 2.75) is 37.3 Å². The molecular weight excluding hydrogens is 408 g/mol. The molecule has 0 aliphatic carbocycles. The van der Waals surface area contributed by atoms with Gasteiger partial charge in [-0.2, -0.15) is 8.42 Å². The highest BCUT2D eigenvalue weighted by molar-refractivity contribution is 7.87. The van der Waals surface area contributed by atoms with E-state index in [1.54, 1.807) is 12.1 Å². The molecular formula is C21H26N2O6S. The summed E-state index contributed by atoms with van der Waals surface area (Å²) in [5.74, 6) is 0.188. The summed E-state index contributed by atoms with van der Waals surface area (Å²) in [4.78, 5) is 11.1. The molecule has 1 atom stereocenters. The van der Waals surface area contributed by atoms with Crippen LogP contribution in [0.1, 0.15) is 25.3 Å². The molecule has 1 saturated heterocycles. The highest BCUT2D eigenvalue weighted by Gasteiger charge is 2.20. The minimum absolute atomic E-state index is 0.0273. The van der Waals surface area contributed by atoms with Gasteiger partial charge in [0.25, 0.3) is 0 Å². The predicted octanol–water partition coefficient (Wildman–Crippen LogP) is 2.69. The standard InChI is InChI=1S/C21H26N2O6S/c1-15(24)23-17-6-8-19(9-7-17)30(25,26)29-21-12-16(5-10-20(21)27-2)13-22-14-18-4-3-11-28-18/h5-10,12,18,22H,3-4,11,13-14H2,1-2H3,(H,23,24). The Morgan fingerprint density at radius 1 is 1.17 bits per heavy atom. The lowest BCUT2D eigenvalue weighted by Crippen LogP contribution is -2.25. The monoisotopic (exact) mass is 434 g/mol.